The average molecular weight is 398 g/mol. The van der Waals surface area contributed by atoms with E-state index in [0.29, 0.717) is 21.8 Å². The zero-order valence-electron chi connectivity index (χ0n) is 15.8. The van der Waals surface area contributed by atoms with Crippen molar-refractivity contribution in [3.63, 3.8) is 0 Å². The molecule has 1 atom stereocenters. The molecule has 146 valence electrons. The van der Waals surface area contributed by atoms with E-state index in [2.05, 4.69) is 5.32 Å². The Morgan fingerprint density at radius 1 is 1.29 bits per heavy atom. The van der Waals surface area contributed by atoms with Crippen molar-refractivity contribution in [2.24, 2.45) is 0 Å². The van der Waals surface area contributed by atoms with Crippen LogP contribution in [0.5, 0.6) is 0 Å². The Hall–Kier alpha value is -2.54. The summed E-state index contributed by atoms with van der Waals surface area (Å²) in [7, 11) is 0. The molecule has 1 aliphatic rings. The van der Waals surface area contributed by atoms with Gasteiger partial charge in [0, 0.05) is 6.04 Å². The number of rotatable bonds is 6. The predicted molar refractivity (Wildman–Crippen MR) is 109 cm³/mol. The van der Waals surface area contributed by atoms with E-state index in [0.717, 1.165) is 25.7 Å². The summed E-state index contributed by atoms with van der Waals surface area (Å²) in [6, 6.07) is 11.0. The lowest BCUT2D eigenvalue weighted by molar-refractivity contribution is -0.119. The Balaban J connectivity index is 1.56. The third-order valence-electron chi connectivity index (χ3n) is 5.15. The number of furan rings is 1. The number of carbonyl (C=O) groups excluding carboxylic acids is 1. The Morgan fingerprint density at radius 2 is 2.07 bits per heavy atom. The van der Waals surface area contributed by atoms with Gasteiger partial charge in [-0.1, -0.05) is 36.7 Å². The normalized spacial score (nSPS) is 15.8. The van der Waals surface area contributed by atoms with Gasteiger partial charge < -0.3 is 9.73 Å². The molecular formula is C21H23N3O3S. The molecule has 1 amide bonds. The lowest BCUT2D eigenvalue weighted by Crippen LogP contribution is -2.29. The van der Waals surface area contributed by atoms with Crippen LogP contribution in [0.25, 0.3) is 10.9 Å². The van der Waals surface area contributed by atoms with Gasteiger partial charge in [-0.05, 0) is 44.0 Å². The molecule has 0 radical (unpaired) electrons. The Bertz CT molecular complexity index is 1020. The Labute approximate surface area is 167 Å². The number of aromatic nitrogens is 2. The van der Waals surface area contributed by atoms with Crippen LogP contribution >= 0.6 is 11.8 Å². The molecule has 2 aromatic heterocycles. The third-order valence-corrected chi connectivity index (χ3v) is 6.10. The highest BCUT2D eigenvalue weighted by Gasteiger charge is 2.23. The van der Waals surface area contributed by atoms with E-state index in [-0.39, 0.29) is 29.3 Å². The predicted octanol–water partition coefficient (Wildman–Crippen LogP) is 4.07. The van der Waals surface area contributed by atoms with Crippen molar-refractivity contribution in [3.8, 4) is 0 Å². The number of thioether (sulfide) groups is 1. The first kappa shape index (κ1) is 18.8. The van der Waals surface area contributed by atoms with Gasteiger partial charge in [-0.25, -0.2) is 4.98 Å². The number of nitrogens with one attached hydrogen (secondary N) is 1. The Morgan fingerprint density at radius 3 is 2.82 bits per heavy atom. The molecule has 3 aromatic rings. The van der Waals surface area contributed by atoms with Gasteiger partial charge in [-0.3, -0.25) is 14.2 Å². The summed E-state index contributed by atoms with van der Waals surface area (Å²) in [4.78, 5) is 30.2. The van der Waals surface area contributed by atoms with Crippen molar-refractivity contribution in [2.45, 2.75) is 49.8 Å². The summed E-state index contributed by atoms with van der Waals surface area (Å²) in [5.74, 6) is 0.794. The monoisotopic (exact) mass is 397 g/mol. The number of nitrogens with zero attached hydrogens (tertiary/aromatic N) is 2. The fourth-order valence-electron chi connectivity index (χ4n) is 3.73. The fraction of sp³-hybridized carbons (Fsp3) is 0.381. The molecule has 1 aromatic carbocycles. The second-order valence-corrected chi connectivity index (χ2v) is 8.06. The zero-order chi connectivity index (χ0) is 19.5. The zero-order valence-corrected chi connectivity index (χ0v) is 16.6. The van der Waals surface area contributed by atoms with E-state index in [1.807, 2.05) is 41.8 Å². The van der Waals surface area contributed by atoms with Gasteiger partial charge >= 0.3 is 0 Å². The summed E-state index contributed by atoms with van der Waals surface area (Å²) in [5, 5.41) is 4.18. The van der Waals surface area contributed by atoms with Gasteiger partial charge in [0.15, 0.2) is 5.16 Å². The first-order valence-corrected chi connectivity index (χ1v) is 10.6. The lowest BCUT2D eigenvalue weighted by Gasteiger charge is -2.18. The maximum Gasteiger partial charge on any atom is 0.262 e. The van der Waals surface area contributed by atoms with Crippen LogP contribution in [-0.4, -0.2) is 21.2 Å². The molecule has 1 fully saturated rings. The third kappa shape index (κ3) is 3.85. The summed E-state index contributed by atoms with van der Waals surface area (Å²) in [6.45, 7) is 1.88. The van der Waals surface area contributed by atoms with Crippen LogP contribution in [0.4, 0.5) is 0 Å². The number of para-hydroxylation sites is 1. The largest absolute Gasteiger partial charge is 0.467 e. The molecule has 2 heterocycles. The minimum atomic E-state index is -0.204. The van der Waals surface area contributed by atoms with Crippen LogP contribution in [-0.2, 0) is 4.79 Å². The van der Waals surface area contributed by atoms with Crippen LogP contribution in [0.3, 0.4) is 0 Å². The highest BCUT2D eigenvalue weighted by molar-refractivity contribution is 7.99. The van der Waals surface area contributed by atoms with Gasteiger partial charge in [-0.2, -0.15) is 0 Å². The van der Waals surface area contributed by atoms with Crippen LogP contribution in [0.15, 0.2) is 57.0 Å². The quantitative estimate of drug-likeness (QED) is 0.501. The van der Waals surface area contributed by atoms with Crippen LogP contribution < -0.4 is 10.9 Å². The van der Waals surface area contributed by atoms with E-state index in [4.69, 9.17) is 9.40 Å². The molecule has 0 bridgehead atoms. The standard InChI is InChI=1S/C21H23N3O3S/c1-14(18-11-6-12-27-18)22-19(25)13-28-21-23-17-10-5-4-9-16(17)20(26)24(21)15-7-2-3-8-15/h4-6,9-12,14-15H,2-3,7-8,13H2,1H3,(H,22,25)/t14-/m1/s1. The second-order valence-electron chi connectivity index (χ2n) is 7.12. The number of hydrogen-bond acceptors (Lipinski definition) is 5. The Kier molecular flexibility index (Phi) is 5.52. The molecular weight excluding hydrogens is 374 g/mol. The molecule has 0 aliphatic heterocycles. The minimum absolute atomic E-state index is 0.00985. The highest BCUT2D eigenvalue weighted by Crippen LogP contribution is 2.32. The van der Waals surface area contributed by atoms with E-state index in [9.17, 15) is 9.59 Å². The first-order chi connectivity index (χ1) is 13.6. The molecule has 28 heavy (non-hydrogen) atoms. The molecule has 0 spiro atoms. The SMILES string of the molecule is C[C@@H](NC(=O)CSc1nc2ccccc2c(=O)n1C1CCCC1)c1ccco1. The first-order valence-electron chi connectivity index (χ1n) is 9.60. The molecule has 1 N–H and O–H groups in total. The van der Waals surface area contributed by atoms with Gasteiger partial charge in [0.2, 0.25) is 5.91 Å². The molecule has 1 aliphatic carbocycles. The molecule has 6 nitrogen and oxygen atoms in total. The summed E-state index contributed by atoms with van der Waals surface area (Å²) in [6.07, 6.45) is 5.79. The van der Waals surface area contributed by atoms with Crippen LogP contribution in [0.2, 0.25) is 0 Å². The topological polar surface area (TPSA) is 77.1 Å². The van der Waals surface area contributed by atoms with Crippen molar-refractivity contribution in [1.29, 1.82) is 0 Å². The van der Waals surface area contributed by atoms with Crippen LogP contribution in [0.1, 0.15) is 50.5 Å². The number of carbonyl (C=O) groups is 1. The number of benzene rings is 1. The van der Waals surface area contributed by atoms with E-state index in [1.165, 1.54) is 11.8 Å². The van der Waals surface area contributed by atoms with E-state index < -0.39 is 0 Å². The number of hydrogen-bond donors (Lipinski definition) is 1. The maximum atomic E-state index is 13.1. The van der Waals surface area contributed by atoms with Crippen molar-refractivity contribution in [3.05, 3.63) is 58.8 Å². The molecule has 0 saturated heterocycles. The molecule has 0 unspecified atom stereocenters. The van der Waals surface area contributed by atoms with E-state index >= 15 is 0 Å². The molecule has 4 rings (SSSR count). The second kappa shape index (κ2) is 8.22. The summed E-state index contributed by atoms with van der Waals surface area (Å²) in [5.41, 5.74) is 0.665. The average Bonchev–Trinajstić information content (AvgIpc) is 3.40. The van der Waals surface area contributed by atoms with Crippen molar-refractivity contribution >= 4 is 28.6 Å². The van der Waals surface area contributed by atoms with Gasteiger partial charge in [-0.15, -0.1) is 0 Å². The van der Waals surface area contributed by atoms with Crippen molar-refractivity contribution in [1.82, 2.24) is 14.9 Å². The van der Waals surface area contributed by atoms with Gasteiger partial charge in [0.05, 0.1) is 29.0 Å². The number of amides is 1. The van der Waals surface area contributed by atoms with Crippen LogP contribution in [0, 0.1) is 0 Å². The summed E-state index contributed by atoms with van der Waals surface area (Å²) < 4.78 is 7.14. The van der Waals surface area contributed by atoms with Crippen molar-refractivity contribution < 1.29 is 9.21 Å². The fourth-order valence-corrected chi connectivity index (χ4v) is 4.61. The smallest absolute Gasteiger partial charge is 0.262 e. The van der Waals surface area contributed by atoms with Gasteiger partial charge in [0.1, 0.15) is 5.76 Å². The molecule has 1 saturated carbocycles. The maximum absolute atomic E-state index is 13.1. The minimum Gasteiger partial charge on any atom is -0.467 e. The van der Waals surface area contributed by atoms with E-state index in [1.54, 1.807) is 12.3 Å². The van der Waals surface area contributed by atoms with Crippen molar-refractivity contribution in [2.75, 3.05) is 5.75 Å². The molecule has 7 heteroatoms. The lowest BCUT2D eigenvalue weighted by atomic mass is 10.2. The van der Waals surface area contributed by atoms with Gasteiger partial charge in [0.25, 0.3) is 5.56 Å². The summed E-state index contributed by atoms with van der Waals surface area (Å²) >= 11 is 1.32. The highest BCUT2D eigenvalue weighted by atomic mass is 32.2. The number of fused-ring (bicyclic) bond motifs is 1.